The highest BCUT2D eigenvalue weighted by Gasteiger charge is 2.24. The number of rotatable bonds is 3. The molecule has 1 aliphatic rings. The average molecular weight is 345 g/mol. The summed E-state index contributed by atoms with van der Waals surface area (Å²) in [7, 11) is 1.66. The van der Waals surface area contributed by atoms with Gasteiger partial charge in [-0.3, -0.25) is 18.3 Å². The van der Waals surface area contributed by atoms with Crippen LogP contribution in [0.2, 0.25) is 0 Å². The first-order valence-electron chi connectivity index (χ1n) is 8.75. The van der Waals surface area contributed by atoms with Crippen molar-refractivity contribution in [2.75, 3.05) is 6.61 Å². The fraction of sp³-hybridized carbons (Fsp3) is 0.588. The summed E-state index contributed by atoms with van der Waals surface area (Å²) < 4.78 is 12.5. The molecule has 0 unspecified atom stereocenters. The van der Waals surface area contributed by atoms with E-state index in [9.17, 15) is 9.59 Å². The third-order valence-electron chi connectivity index (χ3n) is 5.36. The first-order chi connectivity index (χ1) is 12.0. The summed E-state index contributed by atoms with van der Waals surface area (Å²) in [5, 5.41) is 0. The first kappa shape index (κ1) is 16.1. The summed E-state index contributed by atoms with van der Waals surface area (Å²) in [4.78, 5) is 29.9. The molecule has 0 saturated carbocycles. The van der Waals surface area contributed by atoms with Crippen LogP contribution in [0.25, 0.3) is 16.9 Å². The number of hydrogen-bond acceptors (Lipinski definition) is 4. The minimum absolute atomic E-state index is 0.172. The largest absolute Gasteiger partial charge is 0.376 e. The summed E-state index contributed by atoms with van der Waals surface area (Å²) in [6.45, 7) is 7.66. The molecule has 3 aromatic heterocycles. The SMILES string of the molecule is CCn1c(=O)c2c(nc3n(C[C@@H]4CCCO4)c(C)c(C)n23)n(C)c1=O. The molecule has 0 bridgehead atoms. The van der Waals surface area contributed by atoms with E-state index in [-0.39, 0.29) is 17.4 Å². The number of aromatic nitrogens is 5. The predicted molar refractivity (Wildman–Crippen MR) is 94.3 cm³/mol. The lowest BCUT2D eigenvalue weighted by Crippen LogP contribution is -2.38. The molecule has 1 fully saturated rings. The van der Waals surface area contributed by atoms with Gasteiger partial charge in [0.2, 0.25) is 5.78 Å². The van der Waals surface area contributed by atoms with E-state index >= 15 is 0 Å². The van der Waals surface area contributed by atoms with Crippen molar-refractivity contribution in [2.24, 2.45) is 7.05 Å². The number of imidazole rings is 2. The molecule has 0 aromatic carbocycles. The van der Waals surface area contributed by atoms with Crippen LogP contribution >= 0.6 is 0 Å². The Bertz CT molecular complexity index is 1090. The molecule has 4 rings (SSSR count). The van der Waals surface area contributed by atoms with Crippen molar-refractivity contribution >= 4 is 16.9 Å². The van der Waals surface area contributed by atoms with Crippen LogP contribution in [0.3, 0.4) is 0 Å². The molecule has 0 amide bonds. The van der Waals surface area contributed by atoms with E-state index in [2.05, 4.69) is 9.55 Å². The molecular formula is C17H23N5O3. The van der Waals surface area contributed by atoms with Crippen molar-refractivity contribution in [3.63, 3.8) is 0 Å². The second-order valence-electron chi connectivity index (χ2n) is 6.73. The van der Waals surface area contributed by atoms with Gasteiger partial charge in [-0.15, -0.1) is 0 Å². The molecule has 0 spiro atoms. The zero-order valence-electron chi connectivity index (χ0n) is 15.1. The molecule has 8 nitrogen and oxygen atoms in total. The second-order valence-corrected chi connectivity index (χ2v) is 6.73. The molecule has 134 valence electrons. The Labute approximate surface area is 144 Å². The fourth-order valence-electron chi connectivity index (χ4n) is 3.80. The first-order valence-corrected chi connectivity index (χ1v) is 8.75. The van der Waals surface area contributed by atoms with Crippen LogP contribution < -0.4 is 11.2 Å². The van der Waals surface area contributed by atoms with Gasteiger partial charge < -0.3 is 9.30 Å². The summed E-state index contributed by atoms with van der Waals surface area (Å²) in [6, 6.07) is 0. The normalized spacial score (nSPS) is 18.0. The van der Waals surface area contributed by atoms with E-state index in [4.69, 9.17) is 4.74 Å². The monoisotopic (exact) mass is 345 g/mol. The van der Waals surface area contributed by atoms with Gasteiger partial charge in [0, 0.05) is 31.6 Å². The summed E-state index contributed by atoms with van der Waals surface area (Å²) in [5.74, 6) is 0.696. The highest BCUT2D eigenvalue weighted by Crippen LogP contribution is 2.23. The zero-order valence-corrected chi connectivity index (χ0v) is 15.1. The van der Waals surface area contributed by atoms with E-state index in [1.165, 1.54) is 9.13 Å². The number of aryl methyl sites for hydroxylation is 2. The number of nitrogens with zero attached hydrogens (tertiary/aromatic N) is 5. The maximum Gasteiger partial charge on any atom is 0.332 e. The van der Waals surface area contributed by atoms with Crippen LogP contribution in [0.5, 0.6) is 0 Å². The van der Waals surface area contributed by atoms with E-state index in [0.29, 0.717) is 30.0 Å². The van der Waals surface area contributed by atoms with Gasteiger partial charge in [0.1, 0.15) is 0 Å². The molecule has 25 heavy (non-hydrogen) atoms. The molecule has 0 radical (unpaired) electrons. The van der Waals surface area contributed by atoms with E-state index < -0.39 is 0 Å². The van der Waals surface area contributed by atoms with Crippen molar-refractivity contribution in [3.05, 3.63) is 32.2 Å². The lowest BCUT2D eigenvalue weighted by atomic mass is 10.2. The van der Waals surface area contributed by atoms with Gasteiger partial charge in [0.15, 0.2) is 11.2 Å². The minimum Gasteiger partial charge on any atom is -0.376 e. The topological polar surface area (TPSA) is 75.5 Å². The summed E-state index contributed by atoms with van der Waals surface area (Å²) in [5.41, 5.74) is 2.31. The Hall–Kier alpha value is -2.35. The highest BCUT2D eigenvalue weighted by atomic mass is 16.5. The Morgan fingerprint density at radius 1 is 1.20 bits per heavy atom. The molecule has 0 N–H and O–H groups in total. The van der Waals surface area contributed by atoms with E-state index in [0.717, 1.165) is 30.8 Å². The summed E-state index contributed by atoms with van der Waals surface area (Å²) >= 11 is 0. The standard InChI is InChI=1S/C17H23N5O3/c1-5-20-15(23)13-14(19(4)17(20)24)18-16-21(9-12-7-6-8-25-12)10(2)11(3)22(13)16/h12H,5-9H2,1-4H3/t12-/m0/s1. The maximum absolute atomic E-state index is 12.9. The Kier molecular flexibility index (Phi) is 3.61. The minimum atomic E-state index is -0.333. The Morgan fingerprint density at radius 3 is 2.60 bits per heavy atom. The van der Waals surface area contributed by atoms with Crippen molar-refractivity contribution in [2.45, 2.75) is 52.8 Å². The van der Waals surface area contributed by atoms with Crippen LogP contribution in [-0.4, -0.2) is 35.8 Å². The summed E-state index contributed by atoms with van der Waals surface area (Å²) in [6.07, 6.45) is 2.28. The maximum atomic E-state index is 12.9. The molecule has 3 aromatic rings. The van der Waals surface area contributed by atoms with E-state index in [1.807, 2.05) is 18.2 Å². The molecule has 4 heterocycles. The smallest absolute Gasteiger partial charge is 0.332 e. The number of fused-ring (bicyclic) bond motifs is 3. The van der Waals surface area contributed by atoms with Crippen LogP contribution in [0, 0.1) is 13.8 Å². The van der Waals surface area contributed by atoms with Crippen molar-refractivity contribution in [1.82, 2.24) is 23.1 Å². The van der Waals surface area contributed by atoms with Crippen LogP contribution in [0.1, 0.15) is 31.2 Å². The van der Waals surface area contributed by atoms with Crippen molar-refractivity contribution in [1.29, 1.82) is 0 Å². The average Bonchev–Trinajstić information content (AvgIpc) is 3.28. The number of ether oxygens (including phenoxy) is 1. The molecule has 1 saturated heterocycles. The molecule has 0 aliphatic carbocycles. The van der Waals surface area contributed by atoms with Gasteiger partial charge >= 0.3 is 5.69 Å². The van der Waals surface area contributed by atoms with Crippen LogP contribution in [-0.2, 0) is 24.9 Å². The third-order valence-corrected chi connectivity index (χ3v) is 5.36. The Morgan fingerprint density at radius 2 is 1.96 bits per heavy atom. The van der Waals surface area contributed by atoms with Crippen molar-refractivity contribution < 1.29 is 4.74 Å². The van der Waals surface area contributed by atoms with Gasteiger partial charge in [0.05, 0.1) is 12.6 Å². The third kappa shape index (κ3) is 2.13. The van der Waals surface area contributed by atoms with Gasteiger partial charge in [-0.2, -0.15) is 4.98 Å². The van der Waals surface area contributed by atoms with Gasteiger partial charge in [0.25, 0.3) is 5.56 Å². The molecule has 1 aliphatic heterocycles. The Balaban J connectivity index is 2.07. The van der Waals surface area contributed by atoms with Crippen LogP contribution in [0.4, 0.5) is 0 Å². The molecular weight excluding hydrogens is 322 g/mol. The molecule has 1 atom stereocenters. The lowest BCUT2D eigenvalue weighted by molar-refractivity contribution is 0.0974. The van der Waals surface area contributed by atoms with Gasteiger partial charge in [-0.1, -0.05) is 0 Å². The molecule has 8 heteroatoms. The van der Waals surface area contributed by atoms with Gasteiger partial charge in [-0.05, 0) is 33.6 Å². The lowest BCUT2D eigenvalue weighted by Gasteiger charge is -2.12. The van der Waals surface area contributed by atoms with Crippen LogP contribution in [0.15, 0.2) is 9.59 Å². The van der Waals surface area contributed by atoms with Gasteiger partial charge in [-0.25, -0.2) is 4.79 Å². The number of hydrogen-bond donors (Lipinski definition) is 0. The fourth-order valence-corrected chi connectivity index (χ4v) is 3.80. The predicted octanol–water partition coefficient (Wildman–Crippen LogP) is 0.965. The second kappa shape index (κ2) is 5.59. The van der Waals surface area contributed by atoms with E-state index in [1.54, 1.807) is 14.0 Å². The highest BCUT2D eigenvalue weighted by molar-refractivity contribution is 5.76. The zero-order chi connectivity index (χ0) is 17.9. The quantitative estimate of drug-likeness (QED) is 0.709. The van der Waals surface area contributed by atoms with Crippen molar-refractivity contribution in [3.8, 4) is 0 Å².